The number of esters is 1. The summed E-state index contributed by atoms with van der Waals surface area (Å²) in [5, 5.41) is 0. The van der Waals surface area contributed by atoms with Crippen molar-refractivity contribution in [3.8, 4) is 0 Å². The second-order valence-electron chi connectivity index (χ2n) is 7.40. The van der Waals surface area contributed by atoms with Crippen LogP contribution in [0.15, 0.2) is 29.2 Å². The summed E-state index contributed by atoms with van der Waals surface area (Å²) < 4.78 is 73.7. The lowest BCUT2D eigenvalue weighted by atomic mass is 9.96. The van der Waals surface area contributed by atoms with Gasteiger partial charge in [-0.1, -0.05) is 49.3 Å². The third kappa shape index (κ3) is 4.03. The number of halogens is 5. The van der Waals surface area contributed by atoms with Gasteiger partial charge >= 0.3 is 16.2 Å². The van der Waals surface area contributed by atoms with Crippen molar-refractivity contribution in [1.29, 1.82) is 0 Å². The van der Waals surface area contributed by atoms with Crippen LogP contribution >= 0.6 is 10.2 Å². The van der Waals surface area contributed by atoms with Crippen molar-refractivity contribution in [2.24, 2.45) is 0 Å². The van der Waals surface area contributed by atoms with Crippen LogP contribution in [0.4, 0.5) is 19.4 Å². The van der Waals surface area contributed by atoms with E-state index in [4.69, 9.17) is 0 Å². The van der Waals surface area contributed by atoms with Crippen molar-refractivity contribution < 1.29 is 29.0 Å². The Hall–Kier alpha value is -1.61. The summed E-state index contributed by atoms with van der Waals surface area (Å²) in [6.45, 7) is 5.32. The molecular formula is C17H22F5NO2S. The summed E-state index contributed by atoms with van der Waals surface area (Å²) in [7, 11) is -8.98. The Morgan fingerprint density at radius 3 is 2.00 bits per heavy atom. The lowest BCUT2D eigenvalue weighted by molar-refractivity contribution is -0.145. The summed E-state index contributed by atoms with van der Waals surface area (Å²) in [6, 6.07) is 4.09. The largest absolute Gasteiger partial charge is 0.468 e. The molecule has 1 aliphatic rings. The predicted molar refractivity (Wildman–Crippen MR) is 93.5 cm³/mol. The van der Waals surface area contributed by atoms with Gasteiger partial charge in [0.15, 0.2) is 0 Å². The zero-order valence-electron chi connectivity index (χ0n) is 15.2. The van der Waals surface area contributed by atoms with Gasteiger partial charge in [-0.25, -0.2) is 4.79 Å². The van der Waals surface area contributed by atoms with Crippen LogP contribution in [-0.2, 0) is 9.53 Å². The van der Waals surface area contributed by atoms with Gasteiger partial charge in [0.05, 0.1) is 7.11 Å². The molecule has 1 aliphatic heterocycles. The summed E-state index contributed by atoms with van der Waals surface area (Å²) in [6.07, 6.45) is 0. The Bertz CT molecular complexity index is 764. The van der Waals surface area contributed by atoms with Crippen molar-refractivity contribution in [1.82, 2.24) is 4.90 Å². The van der Waals surface area contributed by atoms with Gasteiger partial charge in [-0.05, 0) is 33.3 Å². The zero-order valence-corrected chi connectivity index (χ0v) is 16.0. The zero-order chi connectivity index (χ0) is 20.2. The maximum absolute atomic E-state index is 13.8. The molecule has 0 N–H and O–H groups in total. The van der Waals surface area contributed by atoms with Crippen LogP contribution in [-0.4, -0.2) is 36.1 Å². The predicted octanol–water partition coefficient (Wildman–Crippen LogP) is 5.66. The number of ether oxygens (including phenoxy) is 1. The van der Waals surface area contributed by atoms with Gasteiger partial charge in [-0.3, -0.25) is 4.90 Å². The highest BCUT2D eigenvalue weighted by atomic mass is 32.5. The molecule has 1 atom stereocenters. The molecule has 0 spiro atoms. The third-order valence-electron chi connectivity index (χ3n) is 4.31. The number of hydrogen-bond donors (Lipinski definition) is 0. The van der Waals surface area contributed by atoms with Crippen LogP contribution in [0, 0.1) is 6.92 Å². The molecule has 1 heterocycles. The molecular weight excluding hydrogens is 377 g/mol. The highest BCUT2D eigenvalue weighted by Crippen LogP contribution is 3.03. The number of nitrogens with zero attached hydrogens (tertiary/aromatic N) is 1. The van der Waals surface area contributed by atoms with Crippen molar-refractivity contribution in [3.05, 3.63) is 40.3 Å². The summed E-state index contributed by atoms with van der Waals surface area (Å²) in [5.41, 5.74) is -1.02. The van der Waals surface area contributed by atoms with Gasteiger partial charge in [-0.15, -0.1) is 0 Å². The van der Waals surface area contributed by atoms with Crippen molar-refractivity contribution in [2.45, 2.75) is 39.3 Å². The van der Waals surface area contributed by atoms with Gasteiger partial charge in [0.1, 0.15) is 10.9 Å². The average molecular weight is 399 g/mol. The second-order valence-corrected chi connectivity index (χ2v) is 9.83. The van der Waals surface area contributed by atoms with Crippen LogP contribution in [0.5, 0.6) is 0 Å². The summed E-state index contributed by atoms with van der Waals surface area (Å²) in [4.78, 5) is 11.5. The van der Waals surface area contributed by atoms with E-state index < -0.39 is 44.8 Å². The minimum absolute atomic E-state index is 0.0685. The number of methoxy groups -OCH3 is 1. The first kappa shape index (κ1) is 20.7. The van der Waals surface area contributed by atoms with Crippen LogP contribution in [0.1, 0.15) is 31.9 Å². The van der Waals surface area contributed by atoms with E-state index in [2.05, 4.69) is 4.74 Å². The molecule has 0 saturated heterocycles. The maximum atomic E-state index is 13.8. The molecule has 0 amide bonds. The van der Waals surface area contributed by atoms with Crippen LogP contribution in [0.2, 0.25) is 0 Å². The standard InChI is InChI=1S/C17H22F5NO2S/c1-11-6-8-12(9-7-11)14-13(26(18,19,20,21)22)10-23(17(2,3)4)15(14)16(24)25-5/h6-9,15H,10H2,1-5H3. The van der Waals surface area contributed by atoms with E-state index in [0.717, 1.165) is 17.6 Å². The SMILES string of the molecule is COC(=O)C1C(c2ccc(C)cc2)=C(S(F)(F)(F)(F)F)CN1C(C)(C)C. The molecule has 9 heteroatoms. The number of carbonyl (C=O) groups excluding carboxylic acids is 1. The minimum Gasteiger partial charge on any atom is -0.468 e. The van der Waals surface area contributed by atoms with Gasteiger partial charge in [-0.2, -0.15) is 0 Å². The number of carbonyl (C=O) groups is 1. The quantitative estimate of drug-likeness (QED) is 0.485. The molecule has 3 nitrogen and oxygen atoms in total. The van der Waals surface area contributed by atoms with E-state index >= 15 is 0 Å². The second kappa shape index (κ2) is 5.45. The monoisotopic (exact) mass is 399 g/mol. The minimum atomic E-state index is -10.0. The summed E-state index contributed by atoms with van der Waals surface area (Å²) >= 11 is 0. The van der Waals surface area contributed by atoms with E-state index in [1.807, 2.05) is 0 Å². The van der Waals surface area contributed by atoms with Crippen molar-refractivity contribution in [3.63, 3.8) is 0 Å². The highest BCUT2D eigenvalue weighted by molar-refractivity contribution is 8.48. The maximum Gasteiger partial charge on any atom is 0.327 e. The molecule has 0 fully saturated rings. The smallest absolute Gasteiger partial charge is 0.327 e. The van der Waals surface area contributed by atoms with E-state index in [1.54, 1.807) is 27.7 Å². The number of aryl methyl sites for hydroxylation is 1. The normalized spacial score (nSPS) is 22.2. The fraction of sp³-hybridized carbons (Fsp3) is 0.471. The molecule has 0 aromatic heterocycles. The Kier molecular flexibility index (Phi) is 4.34. The molecule has 0 aliphatic carbocycles. The van der Waals surface area contributed by atoms with E-state index in [1.165, 1.54) is 24.3 Å². The molecule has 2 rings (SSSR count). The lowest BCUT2D eigenvalue weighted by Crippen LogP contribution is -2.49. The molecule has 1 aromatic rings. The van der Waals surface area contributed by atoms with Crippen molar-refractivity contribution in [2.75, 3.05) is 13.7 Å². The molecule has 26 heavy (non-hydrogen) atoms. The van der Waals surface area contributed by atoms with Gasteiger partial charge in [0, 0.05) is 17.7 Å². The Morgan fingerprint density at radius 2 is 1.62 bits per heavy atom. The fourth-order valence-corrected chi connectivity index (χ4v) is 4.03. The first-order valence-electron chi connectivity index (χ1n) is 7.84. The van der Waals surface area contributed by atoms with Gasteiger partial charge < -0.3 is 4.74 Å². The van der Waals surface area contributed by atoms with Crippen LogP contribution in [0.25, 0.3) is 5.57 Å². The third-order valence-corrected chi connectivity index (χ3v) is 5.59. The van der Waals surface area contributed by atoms with Gasteiger partial charge in [0.25, 0.3) is 0 Å². The lowest BCUT2D eigenvalue weighted by Gasteiger charge is -2.43. The van der Waals surface area contributed by atoms with E-state index in [0.29, 0.717) is 0 Å². The van der Waals surface area contributed by atoms with Crippen molar-refractivity contribution >= 4 is 21.8 Å². The molecule has 0 radical (unpaired) electrons. The number of benzene rings is 1. The van der Waals surface area contributed by atoms with Crippen LogP contribution < -0.4 is 0 Å². The summed E-state index contributed by atoms with van der Waals surface area (Å²) in [5.74, 6) is -1.01. The number of hydrogen-bond acceptors (Lipinski definition) is 3. The molecule has 0 saturated carbocycles. The fourth-order valence-electron chi connectivity index (χ4n) is 3.00. The highest BCUT2D eigenvalue weighted by Gasteiger charge is 2.71. The van der Waals surface area contributed by atoms with Gasteiger partial charge in [0.2, 0.25) is 0 Å². The molecule has 0 bridgehead atoms. The average Bonchev–Trinajstić information content (AvgIpc) is 2.87. The van der Waals surface area contributed by atoms with Crippen LogP contribution in [0.3, 0.4) is 0 Å². The molecule has 1 aromatic carbocycles. The Morgan fingerprint density at radius 1 is 1.12 bits per heavy atom. The topological polar surface area (TPSA) is 29.5 Å². The van der Waals surface area contributed by atoms with E-state index in [9.17, 15) is 24.2 Å². The Balaban J connectivity index is 2.84. The molecule has 148 valence electrons. The first-order valence-corrected chi connectivity index (χ1v) is 9.79. The first-order chi connectivity index (χ1) is 11.5. The molecule has 1 unspecified atom stereocenters. The number of rotatable bonds is 3. The van der Waals surface area contributed by atoms with E-state index in [-0.39, 0.29) is 5.56 Å². The Labute approximate surface area is 149 Å².